The van der Waals surface area contributed by atoms with E-state index in [1.54, 1.807) is 18.2 Å². The van der Waals surface area contributed by atoms with Crippen molar-refractivity contribution in [3.05, 3.63) is 54.1 Å². The Morgan fingerprint density at radius 2 is 1.50 bits per heavy atom. The molecule has 0 unspecified atom stereocenters. The van der Waals surface area contributed by atoms with Crippen LogP contribution in [0.15, 0.2) is 53.4 Å². The lowest BCUT2D eigenvalue weighted by Crippen LogP contribution is -2.46. The summed E-state index contributed by atoms with van der Waals surface area (Å²) in [5, 5.41) is 0. The average Bonchev–Trinajstić information content (AvgIpc) is 3.14. The summed E-state index contributed by atoms with van der Waals surface area (Å²) in [4.78, 5) is 15.3. The lowest BCUT2D eigenvalue weighted by molar-refractivity contribution is -0.137. The van der Waals surface area contributed by atoms with E-state index in [0.29, 0.717) is 56.6 Å². The normalized spacial score (nSPS) is 20.6. The maximum absolute atomic E-state index is 13.2. The third-order valence-corrected chi connectivity index (χ3v) is 9.13. The van der Waals surface area contributed by atoms with Gasteiger partial charge in [-0.1, -0.05) is 30.3 Å². The van der Waals surface area contributed by atoms with Crippen LogP contribution in [-0.2, 0) is 14.8 Å². The lowest BCUT2D eigenvalue weighted by Gasteiger charge is -2.37. The zero-order chi connectivity index (χ0) is 23.5. The van der Waals surface area contributed by atoms with E-state index in [4.69, 9.17) is 9.47 Å². The summed E-state index contributed by atoms with van der Waals surface area (Å²) >= 11 is 0. The summed E-state index contributed by atoms with van der Waals surface area (Å²) in [7, 11) is -3.65. The fourth-order valence-electron chi connectivity index (χ4n) is 5.21. The Bertz CT molecular complexity index is 1110. The summed E-state index contributed by atoms with van der Waals surface area (Å²) in [6.07, 6.45) is 3.84. The number of rotatable bonds is 4. The minimum absolute atomic E-state index is 0.108. The number of hydrogen-bond donors (Lipinski definition) is 0. The van der Waals surface area contributed by atoms with Gasteiger partial charge in [0.05, 0.1) is 18.1 Å². The molecule has 0 saturated carbocycles. The van der Waals surface area contributed by atoms with Gasteiger partial charge in [-0.2, -0.15) is 4.31 Å². The Morgan fingerprint density at radius 3 is 2.21 bits per heavy atom. The maximum Gasteiger partial charge on any atom is 0.243 e. The second-order valence-electron chi connectivity index (χ2n) is 9.35. The van der Waals surface area contributed by atoms with Gasteiger partial charge in [0.25, 0.3) is 0 Å². The zero-order valence-corrected chi connectivity index (χ0v) is 20.2. The first-order chi connectivity index (χ1) is 16.5. The molecule has 0 bridgehead atoms. The summed E-state index contributed by atoms with van der Waals surface area (Å²) in [5.74, 6) is 1.63. The minimum atomic E-state index is -3.65. The number of ether oxygens (including phenoxy) is 2. The van der Waals surface area contributed by atoms with Gasteiger partial charge < -0.3 is 14.4 Å². The monoisotopic (exact) mass is 484 g/mol. The first-order valence-electron chi connectivity index (χ1n) is 12.3. The standard InChI is InChI=1S/C26H32N2O5S/c29-26(27-13-9-21(10-14-27)20-5-2-1-3-6-20)22-11-15-28(16-12-22)34(30,31)23-7-8-24-25(19-23)33-18-4-17-32-24/h1-3,5-8,19,21-22H,4,9-18H2. The molecule has 0 N–H and O–H groups in total. The molecule has 5 rings (SSSR count). The van der Waals surface area contributed by atoms with Crippen molar-refractivity contribution < 1.29 is 22.7 Å². The van der Waals surface area contributed by atoms with Crippen molar-refractivity contribution in [2.75, 3.05) is 39.4 Å². The average molecular weight is 485 g/mol. The Morgan fingerprint density at radius 1 is 0.824 bits per heavy atom. The molecule has 3 aliphatic rings. The number of piperidine rings is 2. The van der Waals surface area contributed by atoms with Crippen LogP contribution in [0.25, 0.3) is 0 Å². The largest absolute Gasteiger partial charge is 0.490 e. The number of amides is 1. The first-order valence-corrected chi connectivity index (χ1v) is 13.7. The van der Waals surface area contributed by atoms with Gasteiger partial charge in [0.15, 0.2) is 11.5 Å². The lowest BCUT2D eigenvalue weighted by atomic mass is 9.88. The molecule has 8 heteroatoms. The summed E-state index contributed by atoms with van der Waals surface area (Å²) in [5.41, 5.74) is 1.35. The summed E-state index contributed by atoms with van der Waals surface area (Å²) in [6.45, 7) is 3.32. The highest BCUT2D eigenvalue weighted by Gasteiger charge is 2.35. The molecule has 0 aliphatic carbocycles. The Labute approximate surface area is 201 Å². The zero-order valence-electron chi connectivity index (χ0n) is 19.4. The quantitative estimate of drug-likeness (QED) is 0.662. The summed E-state index contributed by atoms with van der Waals surface area (Å²) in [6, 6.07) is 15.3. The molecule has 2 fully saturated rings. The third-order valence-electron chi connectivity index (χ3n) is 7.24. The van der Waals surface area contributed by atoms with Crippen LogP contribution in [0, 0.1) is 5.92 Å². The molecule has 0 aromatic heterocycles. The van der Waals surface area contributed by atoms with Crippen LogP contribution in [-0.4, -0.2) is 62.9 Å². The number of carbonyl (C=O) groups is 1. The van der Waals surface area contributed by atoms with Crippen LogP contribution in [0.2, 0.25) is 0 Å². The molecule has 3 heterocycles. The molecular formula is C26H32N2O5S. The van der Waals surface area contributed by atoms with Crippen LogP contribution >= 0.6 is 0 Å². The van der Waals surface area contributed by atoms with Crippen molar-refractivity contribution in [1.82, 2.24) is 9.21 Å². The van der Waals surface area contributed by atoms with Gasteiger partial charge in [0, 0.05) is 44.6 Å². The molecule has 2 aromatic carbocycles. The predicted molar refractivity (Wildman–Crippen MR) is 129 cm³/mol. The van der Waals surface area contributed by atoms with Crippen molar-refractivity contribution >= 4 is 15.9 Å². The van der Waals surface area contributed by atoms with E-state index in [1.807, 2.05) is 11.0 Å². The highest BCUT2D eigenvalue weighted by atomic mass is 32.2. The molecule has 182 valence electrons. The smallest absolute Gasteiger partial charge is 0.243 e. The second kappa shape index (κ2) is 9.96. The molecule has 0 radical (unpaired) electrons. The predicted octanol–water partition coefficient (Wildman–Crippen LogP) is 3.65. The Hall–Kier alpha value is -2.58. The van der Waals surface area contributed by atoms with Gasteiger partial charge >= 0.3 is 0 Å². The van der Waals surface area contributed by atoms with E-state index < -0.39 is 10.0 Å². The highest BCUT2D eigenvalue weighted by Crippen LogP contribution is 2.34. The van der Waals surface area contributed by atoms with Gasteiger partial charge in [-0.25, -0.2) is 8.42 Å². The van der Waals surface area contributed by atoms with Gasteiger partial charge in [-0.05, 0) is 49.3 Å². The Kier molecular flexibility index (Phi) is 6.79. The van der Waals surface area contributed by atoms with E-state index in [9.17, 15) is 13.2 Å². The van der Waals surface area contributed by atoms with Crippen molar-refractivity contribution in [2.45, 2.75) is 42.9 Å². The number of nitrogens with zero attached hydrogens (tertiary/aromatic N) is 2. The number of hydrogen-bond acceptors (Lipinski definition) is 5. The molecule has 2 saturated heterocycles. The number of sulfonamides is 1. The van der Waals surface area contributed by atoms with E-state index in [1.165, 1.54) is 9.87 Å². The number of fused-ring (bicyclic) bond motifs is 1. The van der Waals surface area contributed by atoms with Crippen LogP contribution in [0.5, 0.6) is 11.5 Å². The van der Waals surface area contributed by atoms with Gasteiger partial charge in [0.1, 0.15) is 0 Å². The Balaban J connectivity index is 1.17. The van der Waals surface area contributed by atoms with E-state index >= 15 is 0 Å². The van der Waals surface area contributed by atoms with Crippen LogP contribution in [0.4, 0.5) is 0 Å². The van der Waals surface area contributed by atoms with E-state index in [0.717, 1.165) is 32.4 Å². The molecule has 0 atom stereocenters. The topological polar surface area (TPSA) is 76.2 Å². The van der Waals surface area contributed by atoms with Crippen LogP contribution in [0.3, 0.4) is 0 Å². The molecule has 34 heavy (non-hydrogen) atoms. The van der Waals surface area contributed by atoms with E-state index in [2.05, 4.69) is 24.3 Å². The van der Waals surface area contributed by atoms with Gasteiger partial charge in [-0.3, -0.25) is 4.79 Å². The fraction of sp³-hybridized carbons (Fsp3) is 0.500. The van der Waals surface area contributed by atoms with Gasteiger partial charge in [-0.15, -0.1) is 0 Å². The number of benzene rings is 2. The minimum Gasteiger partial charge on any atom is -0.490 e. The second-order valence-corrected chi connectivity index (χ2v) is 11.3. The van der Waals surface area contributed by atoms with Crippen molar-refractivity contribution in [3.63, 3.8) is 0 Å². The van der Waals surface area contributed by atoms with Crippen LogP contribution in [0.1, 0.15) is 43.6 Å². The fourth-order valence-corrected chi connectivity index (χ4v) is 6.70. The molecule has 1 amide bonds. The molecule has 7 nitrogen and oxygen atoms in total. The summed E-state index contributed by atoms with van der Waals surface area (Å²) < 4.78 is 39.3. The maximum atomic E-state index is 13.2. The molecule has 3 aliphatic heterocycles. The van der Waals surface area contributed by atoms with Crippen LogP contribution < -0.4 is 9.47 Å². The number of likely N-dealkylation sites (tertiary alicyclic amines) is 1. The molecular weight excluding hydrogens is 452 g/mol. The molecule has 2 aromatic rings. The van der Waals surface area contributed by atoms with Crippen molar-refractivity contribution in [3.8, 4) is 11.5 Å². The highest BCUT2D eigenvalue weighted by molar-refractivity contribution is 7.89. The third kappa shape index (κ3) is 4.79. The van der Waals surface area contributed by atoms with Crippen molar-refractivity contribution in [1.29, 1.82) is 0 Å². The van der Waals surface area contributed by atoms with Gasteiger partial charge in [0.2, 0.25) is 15.9 Å². The van der Waals surface area contributed by atoms with E-state index in [-0.39, 0.29) is 16.7 Å². The molecule has 0 spiro atoms. The van der Waals surface area contributed by atoms with Crippen molar-refractivity contribution in [2.24, 2.45) is 5.92 Å². The first kappa shape index (κ1) is 23.2. The SMILES string of the molecule is O=C(C1CCN(S(=O)(=O)c2ccc3c(c2)OCCCO3)CC1)N1CCC(c2ccccc2)CC1. The number of carbonyl (C=O) groups excluding carboxylic acids is 1.